The Hall–Kier alpha value is -2.74. The molecule has 0 fully saturated rings. The average Bonchev–Trinajstić information content (AvgIpc) is 3.04. The second-order valence-electron chi connectivity index (χ2n) is 5.44. The summed E-state index contributed by atoms with van der Waals surface area (Å²) < 4.78 is 16.0. The molecule has 0 saturated carbocycles. The Morgan fingerprint density at radius 1 is 1.08 bits per heavy atom. The fraction of sp³-hybridized carbons (Fsp3) is 0.412. The third-order valence-corrected chi connectivity index (χ3v) is 3.47. The molecule has 2 rings (SSSR count). The molecular weight excluding hydrogens is 326 g/mol. The summed E-state index contributed by atoms with van der Waals surface area (Å²) in [5.74, 6) is -0.958. The van der Waals surface area contributed by atoms with Crippen molar-refractivity contribution in [3.05, 3.63) is 42.2 Å². The molecule has 8 heteroatoms. The van der Waals surface area contributed by atoms with Crippen molar-refractivity contribution in [3.8, 4) is 5.69 Å². The van der Waals surface area contributed by atoms with Gasteiger partial charge in [-0.3, -0.25) is 9.59 Å². The van der Waals surface area contributed by atoms with Crippen molar-refractivity contribution in [2.45, 2.75) is 39.1 Å². The van der Waals surface area contributed by atoms with Gasteiger partial charge in [-0.1, -0.05) is 18.2 Å². The van der Waals surface area contributed by atoms with Gasteiger partial charge in [0.1, 0.15) is 17.9 Å². The summed E-state index contributed by atoms with van der Waals surface area (Å²) in [7, 11) is 1.45. The fourth-order valence-electron chi connectivity index (χ4n) is 2.46. The van der Waals surface area contributed by atoms with Gasteiger partial charge in [0.2, 0.25) is 0 Å². The van der Waals surface area contributed by atoms with Crippen LogP contribution in [0.25, 0.3) is 5.69 Å². The van der Waals surface area contributed by atoms with Crippen LogP contribution in [0.3, 0.4) is 0 Å². The summed E-state index contributed by atoms with van der Waals surface area (Å²) in [6.45, 7) is 4.25. The first-order chi connectivity index (χ1) is 11.9. The van der Waals surface area contributed by atoms with Crippen molar-refractivity contribution in [2.24, 2.45) is 0 Å². The standard InChI is InChI=1S/C17H21N3O5/c1-11(24-12(2)21)16(23-4)17(25-13(3)22)15-10-18-20(19-15)14-8-6-5-7-9-14/h5-11,16-17H,1-4H3. The minimum atomic E-state index is -0.866. The number of ether oxygens (including phenoxy) is 3. The SMILES string of the molecule is COC(C(C)OC(C)=O)C(OC(C)=O)c1cnn(-c2ccccc2)n1. The van der Waals surface area contributed by atoms with Crippen molar-refractivity contribution >= 4 is 11.9 Å². The Balaban J connectivity index is 2.32. The first kappa shape index (κ1) is 18.6. The van der Waals surface area contributed by atoms with Gasteiger partial charge in [0, 0.05) is 21.0 Å². The zero-order valence-electron chi connectivity index (χ0n) is 14.6. The van der Waals surface area contributed by atoms with Crippen LogP contribution >= 0.6 is 0 Å². The molecule has 0 aliphatic heterocycles. The van der Waals surface area contributed by atoms with E-state index >= 15 is 0 Å². The molecule has 1 aromatic carbocycles. The molecule has 0 radical (unpaired) electrons. The molecule has 3 atom stereocenters. The molecule has 0 saturated heterocycles. The van der Waals surface area contributed by atoms with Crippen LogP contribution in [0.5, 0.6) is 0 Å². The molecule has 3 unspecified atom stereocenters. The zero-order chi connectivity index (χ0) is 18.4. The maximum Gasteiger partial charge on any atom is 0.303 e. The van der Waals surface area contributed by atoms with Crippen LogP contribution in [-0.2, 0) is 23.8 Å². The van der Waals surface area contributed by atoms with E-state index in [2.05, 4.69) is 10.2 Å². The summed E-state index contributed by atoms with van der Waals surface area (Å²) in [5, 5.41) is 8.57. The first-order valence-electron chi connectivity index (χ1n) is 7.77. The van der Waals surface area contributed by atoms with E-state index in [4.69, 9.17) is 14.2 Å². The smallest absolute Gasteiger partial charge is 0.303 e. The van der Waals surface area contributed by atoms with E-state index in [1.165, 1.54) is 32.0 Å². The van der Waals surface area contributed by atoms with Crippen LogP contribution in [0, 0.1) is 0 Å². The van der Waals surface area contributed by atoms with E-state index in [1.807, 2.05) is 30.3 Å². The number of esters is 2. The molecule has 25 heavy (non-hydrogen) atoms. The van der Waals surface area contributed by atoms with Gasteiger partial charge in [-0.05, 0) is 19.1 Å². The van der Waals surface area contributed by atoms with Crippen LogP contribution in [0.15, 0.2) is 36.5 Å². The van der Waals surface area contributed by atoms with Gasteiger partial charge in [0.25, 0.3) is 0 Å². The number of carbonyl (C=O) groups is 2. The third kappa shape index (κ3) is 4.87. The molecule has 0 amide bonds. The van der Waals surface area contributed by atoms with Crippen LogP contribution in [0.2, 0.25) is 0 Å². The lowest BCUT2D eigenvalue weighted by molar-refractivity contribution is -0.170. The highest BCUT2D eigenvalue weighted by atomic mass is 16.6. The quantitative estimate of drug-likeness (QED) is 0.706. The predicted octanol–water partition coefficient (Wildman–Crippen LogP) is 1.84. The minimum Gasteiger partial charge on any atom is -0.460 e. The van der Waals surface area contributed by atoms with E-state index in [-0.39, 0.29) is 0 Å². The number of methoxy groups -OCH3 is 1. The molecule has 0 N–H and O–H groups in total. The first-order valence-corrected chi connectivity index (χ1v) is 7.77. The number of para-hydroxylation sites is 1. The maximum absolute atomic E-state index is 11.5. The number of hydrogen-bond donors (Lipinski definition) is 0. The summed E-state index contributed by atoms with van der Waals surface area (Å²) in [6.07, 6.45) is -0.746. The molecule has 0 bridgehead atoms. The number of carbonyl (C=O) groups excluding carboxylic acids is 2. The average molecular weight is 347 g/mol. The van der Waals surface area contributed by atoms with Crippen molar-refractivity contribution in [1.29, 1.82) is 0 Å². The second-order valence-corrected chi connectivity index (χ2v) is 5.44. The zero-order valence-corrected chi connectivity index (χ0v) is 14.6. The summed E-state index contributed by atoms with van der Waals surface area (Å²) in [6, 6.07) is 9.31. The van der Waals surface area contributed by atoms with E-state index in [9.17, 15) is 9.59 Å². The normalized spacial score (nSPS) is 14.4. The number of nitrogens with zero attached hydrogens (tertiary/aromatic N) is 3. The Kier molecular flexibility index (Phi) is 6.24. The highest BCUT2D eigenvalue weighted by Gasteiger charge is 2.35. The number of rotatable bonds is 7. The van der Waals surface area contributed by atoms with Gasteiger partial charge in [0.05, 0.1) is 11.9 Å². The van der Waals surface area contributed by atoms with Gasteiger partial charge < -0.3 is 14.2 Å². The monoisotopic (exact) mass is 347 g/mol. The number of aromatic nitrogens is 3. The Morgan fingerprint density at radius 2 is 1.72 bits per heavy atom. The lowest BCUT2D eigenvalue weighted by atomic mass is 10.1. The lowest BCUT2D eigenvalue weighted by Gasteiger charge is -2.28. The van der Waals surface area contributed by atoms with Crippen LogP contribution in [-0.4, -0.2) is 46.3 Å². The predicted molar refractivity (Wildman–Crippen MR) is 87.9 cm³/mol. The van der Waals surface area contributed by atoms with Crippen molar-refractivity contribution in [2.75, 3.05) is 7.11 Å². The van der Waals surface area contributed by atoms with Crippen LogP contribution in [0.4, 0.5) is 0 Å². The topological polar surface area (TPSA) is 92.5 Å². The van der Waals surface area contributed by atoms with E-state index < -0.39 is 30.3 Å². The largest absolute Gasteiger partial charge is 0.460 e. The molecule has 1 aromatic heterocycles. The number of benzene rings is 1. The van der Waals surface area contributed by atoms with Crippen LogP contribution < -0.4 is 0 Å². The van der Waals surface area contributed by atoms with E-state index in [0.29, 0.717) is 5.69 Å². The van der Waals surface area contributed by atoms with Crippen molar-refractivity contribution in [3.63, 3.8) is 0 Å². The fourth-order valence-corrected chi connectivity index (χ4v) is 2.46. The minimum absolute atomic E-state index is 0.393. The Morgan fingerprint density at radius 3 is 2.28 bits per heavy atom. The lowest BCUT2D eigenvalue weighted by Crippen LogP contribution is -2.37. The molecule has 1 heterocycles. The molecule has 0 spiro atoms. The van der Waals surface area contributed by atoms with Crippen molar-refractivity contribution < 1.29 is 23.8 Å². The molecule has 2 aromatic rings. The highest BCUT2D eigenvalue weighted by molar-refractivity contribution is 5.67. The maximum atomic E-state index is 11.5. The Labute approximate surface area is 145 Å². The highest BCUT2D eigenvalue weighted by Crippen LogP contribution is 2.26. The molecule has 0 aliphatic carbocycles. The van der Waals surface area contributed by atoms with E-state index in [1.54, 1.807) is 6.92 Å². The second kappa shape index (κ2) is 8.39. The van der Waals surface area contributed by atoms with Gasteiger partial charge in [0.15, 0.2) is 6.10 Å². The summed E-state index contributed by atoms with van der Waals surface area (Å²) in [4.78, 5) is 24.2. The third-order valence-electron chi connectivity index (χ3n) is 3.47. The number of hydrogen-bond acceptors (Lipinski definition) is 7. The molecule has 134 valence electrons. The molecular formula is C17H21N3O5. The van der Waals surface area contributed by atoms with E-state index in [0.717, 1.165) is 5.69 Å². The van der Waals surface area contributed by atoms with Gasteiger partial charge in [-0.15, -0.1) is 5.10 Å². The molecule has 8 nitrogen and oxygen atoms in total. The van der Waals surface area contributed by atoms with Crippen LogP contribution in [0.1, 0.15) is 32.6 Å². The Bertz CT molecular complexity index is 716. The molecule has 0 aliphatic rings. The van der Waals surface area contributed by atoms with Gasteiger partial charge >= 0.3 is 11.9 Å². The van der Waals surface area contributed by atoms with Crippen molar-refractivity contribution in [1.82, 2.24) is 15.0 Å². The summed E-state index contributed by atoms with van der Waals surface area (Å²) >= 11 is 0. The van der Waals surface area contributed by atoms with Gasteiger partial charge in [-0.2, -0.15) is 9.90 Å². The van der Waals surface area contributed by atoms with Gasteiger partial charge in [-0.25, -0.2) is 0 Å². The summed E-state index contributed by atoms with van der Waals surface area (Å²) in [5.41, 5.74) is 1.15.